The van der Waals surface area contributed by atoms with E-state index >= 15 is 0 Å². The first-order valence-electron chi connectivity index (χ1n) is 6.29. The summed E-state index contributed by atoms with van der Waals surface area (Å²) in [6, 6.07) is -0.141. The zero-order valence-corrected chi connectivity index (χ0v) is 12.7. The van der Waals surface area contributed by atoms with Gasteiger partial charge >= 0.3 is 5.69 Å². The van der Waals surface area contributed by atoms with E-state index in [9.17, 15) is 9.59 Å². The molecule has 7 nitrogen and oxygen atoms in total. The monoisotopic (exact) mass is 295 g/mol. The van der Waals surface area contributed by atoms with Crippen molar-refractivity contribution in [3.63, 3.8) is 0 Å². The van der Waals surface area contributed by atoms with E-state index in [0.717, 1.165) is 20.7 Å². The van der Waals surface area contributed by atoms with Gasteiger partial charge < -0.3 is 5.32 Å². The molecule has 2 aromatic heterocycles. The Balaban J connectivity index is 2.30. The number of nitrogens with zero attached hydrogens (tertiary/aromatic N) is 4. The van der Waals surface area contributed by atoms with Gasteiger partial charge in [0.1, 0.15) is 5.01 Å². The summed E-state index contributed by atoms with van der Waals surface area (Å²) in [6.07, 6.45) is 2.77. The van der Waals surface area contributed by atoms with E-state index in [2.05, 4.69) is 22.3 Å². The van der Waals surface area contributed by atoms with Gasteiger partial charge in [0.25, 0.3) is 5.56 Å². The van der Waals surface area contributed by atoms with Crippen LogP contribution in [-0.4, -0.2) is 19.3 Å². The molecule has 0 spiro atoms. The summed E-state index contributed by atoms with van der Waals surface area (Å²) in [6.45, 7) is 3.98. The minimum absolute atomic E-state index is 0.141. The van der Waals surface area contributed by atoms with E-state index in [4.69, 9.17) is 0 Å². The van der Waals surface area contributed by atoms with Crippen LogP contribution in [0.2, 0.25) is 0 Å². The van der Waals surface area contributed by atoms with Crippen molar-refractivity contribution in [2.75, 3.05) is 5.32 Å². The summed E-state index contributed by atoms with van der Waals surface area (Å²) in [5.74, 6) is 0.148. The molecule has 0 aromatic carbocycles. The highest BCUT2D eigenvalue weighted by molar-refractivity contribution is 7.11. The predicted octanol–water partition coefficient (Wildman–Crippen LogP) is 0.671. The van der Waals surface area contributed by atoms with Crippen molar-refractivity contribution in [3.8, 4) is 0 Å². The fraction of sp³-hybridized carbons (Fsp3) is 0.500. The maximum atomic E-state index is 12.0. The molecule has 20 heavy (non-hydrogen) atoms. The number of thiazole rings is 1. The molecule has 1 unspecified atom stereocenters. The average Bonchev–Trinajstić information content (AvgIpc) is 2.91. The molecular formula is C12H17N5O2S. The van der Waals surface area contributed by atoms with E-state index in [-0.39, 0.29) is 11.9 Å². The van der Waals surface area contributed by atoms with Crippen LogP contribution in [0.1, 0.15) is 29.8 Å². The molecule has 2 heterocycles. The number of aryl methyl sites for hydroxylation is 2. The number of nitrogens with one attached hydrogen (secondary N) is 1. The van der Waals surface area contributed by atoms with Crippen LogP contribution in [0.4, 0.5) is 5.82 Å². The molecule has 1 N–H and O–H groups in total. The minimum atomic E-state index is -0.448. The van der Waals surface area contributed by atoms with Gasteiger partial charge in [0.15, 0.2) is 0 Å². The molecule has 108 valence electrons. The summed E-state index contributed by atoms with van der Waals surface area (Å²) >= 11 is 1.60. The van der Waals surface area contributed by atoms with E-state index < -0.39 is 11.2 Å². The molecular weight excluding hydrogens is 278 g/mol. The maximum Gasteiger partial charge on any atom is 0.346 e. The Labute approximate surface area is 119 Å². The number of hydrogen-bond acceptors (Lipinski definition) is 6. The molecule has 0 saturated carbocycles. The molecule has 2 aromatic rings. The molecule has 0 aliphatic carbocycles. The molecule has 8 heteroatoms. The number of rotatable bonds is 4. The van der Waals surface area contributed by atoms with E-state index in [1.165, 1.54) is 19.0 Å². The topological polar surface area (TPSA) is 81.8 Å². The van der Waals surface area contributed by atoms with Gasteiger partial charge in [-0.15, -0.1) is 16.4 Å². The summed E-state index contributed by atoms with van der Waals surface area (Å²) in [4.78, 5) is 29.1. The number of aromatic nitrogens is 4. The van der Waals surface area contributed by atoms with Gasteiger partial charge in [-0.1, -0.05) is 6.92 Å². The molecule has 0 fully saturated rings. The standard InChI is InChI=1S/C12H17N5O2S/c1-5-8-6-13-10(20-8)7(2)14-9-11(18)16(3)12(19)17(4)15-9/h6-7H,5H2,1-4H3,(H,14,15). The molecule has 0 saturated heterocycles. The summed E-state index contributed by atoms with van der Waals surface area (Å²) in [5, 5.41) is 7.87. The lowest BCUT2D eigenvalue weighted by Gasteiger charge is -2.12. The smallest absolute Gasteiger partial charge is 0.346 e. The second kappa shape index (κ2) is 5.58. The molecule has 0 amide bonds. The molecule has 0 radical (unpaired) electrons. The van der Waals surface area contributed by atoms with Crippen molar-refractivity contribution in [1.82, 2.24) is 19.3 Å². The normalized spacial score (nSPS) is 12.4. The Morgan fingerprint density at radius 1 is 1.40 bits per heavy atom. The molecule has 0 aliphatic rings. The van der Waals surface area contributed by atoms with Crippen LogP contribution in [0.15, 0.2) is 15.8 Å². The SMILES string of the molecule is CCc1cnc(C(C)Nc2nn(C)c(=O)n(C)c2=O)s1. The zero-order chi connectivity index (χ0) is 14.9. The third-order valence-corrected chi connectivity index (χ3v) is 4.29. The highest BCUT2D eigenvalue weighted by Gasteiger charge is 2.15. The van der Waals surface area contributed by atoms with Crippen LogP contribution in [0.5, 0.6) is 0 Å². The highest BCUT2D eigenvalue weighted by atomic mass is 32.1. The first-order valence-corrected chi connectivity index (χ1v) is 7.11. The van der Waals surface area contributed by atoms with Crippen molar-refractivity contribution < 1.29 is 0 Å². The van der Waals surface area contributed by atoms with Crippen molar-refractivity contribution in [2.45, 2.75) is 26.3 Å². The second-order valence-electron chi connectivity index (χ2n) is 4.50. The third kappa shape index (κ3) is 2.64. The van der Waals surface area contributed by atoms with Gasteiger partial charge in [-0.3, -0.25) is 9.36 Å². The number of anilines is 1. The molecule has 2 rings (SSSR count). The van der Waals surface area contributed by atoms with Gasteiger partial charge in [-0.25, -0.2) is 14.5 Å². The maximum absolute atomic E-state index is 12.0. The minimum Gasteiger partial charge on any atom is -0.355 e. The number of hydrogen-bond donors (Lipinski definition) is 1. The second-order valence-corrected chi connectivity index (χ2v) is 5.65. The Bertz CT molecular complexity index is 730. The summed E-state index contributed by atoms with van der Waals surface area (Å²) in [7, 11) is 2.94. The van der Waals surface area contributed by atoms with Gasteiger partial charge in [0.2, 0.25) is 5.82 Å². The average molecular weight is 295 g/mol. The largest absolute Gasteiger partial charge is 0.355 e. The lowest BCUT2D eigenvalue weighted by molar-refractivity contribution is 0.601. The quantitative estimate of drug-likeness (QED) is 0.896. The first kappa shape index (κ1) is 14.4. The van der Waals surface area contributed by atoms with Gasteiger partial charge in [0.05, 0.1) is 6.04 Å². The van der Waals surface area contributed by atoms with Crippen LogP contribution >= 0.6 is 11.3 Å². The molecule has 0 aliphatic heterocycles. The lowest BCUT2D eigenvalue weighted by atomic mass is 10.3. The van der Waals surface area contributed by atoms with Gasteiger partial charge in [-0.05, 0) is 13.3 Å². The van der Waals surface area contributed by atoms with Gasteiger partial charge in [0, 0.05) is 25.2 Å². The summed E-state index contributed by atoms with van der Waals surface area (Å²) in [5.41, 5.74) is -0.886. The lowest BCUT2D eigenvalue weighted by Crippen LogP contribution is -2.40. The van der Waals surface area contributed by atoms with Crippen LogP contribution in [0.25, 0.3) is 0 Å². The van der Waals surface area contributed by atoms with Crippen molar-refractivity contribution in [1.29, 1.82) is 0 Å². The zero-order valence-electron chi connectivity index (χ0n) is 11.9. The first-order chi connectivity index (χ1) is 9.43. The Morgan fingerprint density at radius 2 is 2.10 bits per heavy atom. The van der Waals surface area contributed by atoms with Crippen LogP contribution in [-0.2, 0) is 20.5 Å². The van der Waals surface area contributed by atoms with Crippen molar-refractivity contribution in [3.05, 3.63) is 36.9 Å². The third-order valence-electron chi connectivity index (χ3n) is 2.96. The fourth-order valence-corrected chi connectivity index (χ4v) is 2.60. The van der Waals surface area contributed by atoms with Crippen LogP contribution in [0.3, 0.4) is 0 Å². The van der Waals surface area contributed by atoms with Gasteiger partial charge in [-0.2, -0.15) is 0 Å². The van der Waals surface area contributed by atoms with Crippen molar-refractivity contribution in [2.24, 2.45) is 14.1 Å². The highest BCUT2D eigenvalue weighted by Crippen LogP contribution is 2.22. The Kier molecular flexibility index (Phi) is 4.03. The summed E-state index contributed by atoms with van der Waals surface area (Å²) < 4.78 is 2.16. The van der Waals surface area contributed by atoms with E-state index in [1.807, 2.05) is 13.1 Å². The van der Waals surface area contributed by atoms with Crippen LogP contribution < -0.4 is 16.6 Å². The van der Waals surface area contributed by atoms with Crippen LogP contribution in [0, 0.1) is 0 Å². The Hall–Kier alpha value is -1.96. The van der Waals surface area contributed by atoms with Crippen molar-refractivity contribution >= 4 is 17.2 Å². The molecule has 1 atom stereocenters. The fourth-order valence-electron chi connectivity index (χ4n) is 1.74. The Morgan fingerprint density at radius 3 is 2.70 bits per heavy atom. The predicted molar refractivity (Wildman–Crippen MR) is 78.2 cm³/mol. The molecule has 0 bridgehead atoms. The van der Waals surface area contributed by atoms with E-state index in [1.54, 1.807) is 11.3 Å². The van der Waals surface area contributed by atoms with E-state index in [0.29, 0.717) is 0 Å².